The maximum atomic E-state index is 13.5. The zero-order chi connectivity index (χ0) is 30.1. The average Bonchev–Trinajstić information content (AvgIpc) is 3.53. The van der Waals surface area contributed by atoms with Gasteiger partial charge in [-0.15, -0.1) is 11.3 Å². The van der Waals surface area contributed by atoms with Crippen molar-refractivity contribution in [2.75, 3.05) is 19.5 Å². The Hall–Kier alpha value is -3.37. The predicted molar refractivity (Wildman–Crippen MR) is 170 cm³/mol. The number of carboxylic acids is 1. The van der Waals surface area contributed by atoms with E-state index in [4.69, 9.17) is 14.5 Å². The minimum absolute atomic E-state index is 0.293. The van der Waals surface area contributed by atoms with E-state index in [-0.39, 0.29) is 12.5 Å². The number of carbonyl (C=O) groups excluding carboxylic acids is 1. The molecular formula is C32H36BrN3O5S. The first kappa shape index (κ1) is 30.1. The molecular weight excluding hydrogens is 618 g/mol. The molecule has 0 bridgehead atoms. The van der Waals surface area contributed by atoms with Gasteiger partial charge in [-0.05, 0) is 103 Å². The lowest BCUT2D eigenvalue weighted by atomic mass is 9.77. The van der Waals surface area contributed by atoms with Crippen molar-refractivity contribution in [2.45, 2.75) is 71.3 Å². The van der Waals surface area contributed by atoms with Crippen LogP contribution in [-0.2, 0) is 17.8 Å². The van der Waals surface area contributed by atoms with Crippen molar-refractivity contribution in [1.29, 1.82) is 0 Å². The van der Waals surface area contributed by atoms with Gasteiger partial charge in [-0.1, -0.05) is 18.6 Å². The van der Waals surface area contributed by atoms with Crippen molar-refractivity contribution < 1.29 is 24.2 Å². The number of amides is 1. The van der Waals surface area contributed by atoms with Gasteiger partial charge in [0.05, 0.1) is 29.9 Å². The number of rotatable bonds is 9. The summed E-state index contributed by atoms with van der Waals surface area (Å²) in [5.41, 5.74) is 5.28. The van der Waals surface area contributed by atoms with Crippen molar-refractivity contribution in [3.05, 3.63) is 67.8 Å². The zero-order valence-electron chi connectivity index (χ0n) is 24.5. The van der Waals surface area contributed by atoms with Gasteiger partial charge in [0.25, 0.3) is 5.91 Å². The highest BCUT2D eigenvalue weighted by molar-refractivity contribution is 9.10. The number of carboxylic acid groups (broad SMARTS) is 1. The number of carbonyl (C=O) groups is 2. The first-order valence-corrected chi connectivity index (χ1v) is 15.8. The number of anilines is 1. The molecule has 5 rings (SSSR count). The maximum absolute atomic E-state index is 13.5. The molecule has 0 atom stereocenters. The van der Waals surface area contributed by atoms with Crippen LogP contribution in [0.2, 0.25) is 0 Å². The lowest BCUT2D eigenvalue weighted by Crippen LogP contribution is -2.20. The second-order valence-electron chi connectivity index (χ2n) is 10.9. The molecule has 0 spiro atoms. The number of aromatic nitrogens is 2. The van der Waals surface area contributed by atoms with Crippen molar-refractivity contribution in [3.8, 4) is 11.5 Å². The van der Waals surface area contributed by atoms with Gasteiger partial charge < -0.3 is 19.1 Å². The summed E-state index contributed by atoms with van der Waals surface area (Å²) in [6, 6.07) is 9.81. The SMILES string of the molecule is CCc1nc(NC(=O)c2cc3cc(C)cc(C)c3n2CC(=O)O)sc1C1CCC(c2cc(Br)c(OC)cc2OC)CC1. The smallest absolute Gasteiger partial charge is 0.323 e. The molecule has 2 heterocycles. The Kier molecular flexibility index (Phi) is 8.94. The van der Waals surface area contributed by atoms with Crippen LogP contribution in [0.5, 0.6) is 11.5 Å². The van der Waals surface area contributed by atoms with Gasteiger partial charge in [0, 0.05) is 16.3 Å². The summed E-state index contributed by atoms with van der Waals surface area (Å²) < 4.78 is 13.7. The van der Waals surface area contributed by atoms with Crippen LogP contribution in [0.1, 0.15) is 82.2 Å². The number of nitrogens with one attached hydrogen (secondary N) is 1. The van der Waals surface area contributed by atoms with Crippen molar-refractivity contribution in [1.82, 2.24) is 9.55 Å². The molecule has 8 nitrogen and oxygen atoms in total. The molecule has 1 amide bonds. The summed E-state index contributed by atoms with van der Waals surface area (Å²) in [6.45, 7) is 5.72. The number of hydrogen-bond donors (Lipinski definition) is 2. The van der Waals surface area contributed by atoms with Gasteiger partial charge in [0.15, 0.2) is 5.13 Å². The molecule has 222 valence electrons. The molecule has 1 aliphatic carbocycles. The second kappa shape index (κ2) is 12.5. The van der Waals surface area contributed by atoms with Crippen LogP contribution < -0.4 is 14.8 Å². The molecule has 1 aliphatic rings. The minimum Gasteiger partial charge on any atom is -0.496 e. The molecule has 2 N–H and O–H groups in total. The third-order valence-electron chi connectivity index (χ3n) is 8.18. The van der Waals surface area contributed by atoms with Gasteiger partial charge in [-0.2, -0.15) is 0 Å². The Morgan fingerprint density at radius 3 is 2.38 bits per heavy atom. The molecule has 4 aromatic rings. The second-order valence-corrected chi connectivity index (χ2v) is 12.8. The fourth-order valence-electron chi connectivity index (χ4n) is 6.32. The van der Waals surface area contributed by atoms with E-state index in [0.29, 0.717) is 22.7 Å². The number of nitrogens with zero attached hydrogens (tertiary/aromatic N) is 2. The van der Waals surface area contributed by atoms with Crippen LogP contribution in [0, 0.1) is 13.8 Å². The molecule has 0 aliphatic heterocycles. The Morgan fingerprint density at radius 2 is 1.74 bits per heavy atom. The Morgan fingerprint density at radius 1 is 1.05 bits per heavy atom. The van der Waals surface area contributed by atoms with Gasteiger partial charge in [-0.3, -0.25) is 14.9 Å². The standard InChI is InChI=1S/C32H36BrN3O5S/c1-6-24-30(20-9-7-19(8-10-20)22-14-23(33)27(41-5)15-26(22)40-4)42-32(34-24)35-31(39)25-13-21-12-17(2)11-18(3)29(21)36(25)16-28(37)38/h11-15,19-20H,6-10,16H2,1-5H3,(H,37,38)(H,34,35,39). The number of aliphatic carboxylic acids is 1. The normalized spacial score (nSPS) is 16.9. The summed E-state index contributed by atoms with van der Waals surface area (Å²) in [5.74, 6) is 1.01. The van der Waals surface area contributed by atoms with Gasteiger partial charge in [-0.25, -0.2) is 4.98 Å². The molecule has 0 unspecified atom stereocenters. The third-order valence-corrected chi connectivity index (χ3v) is 9.97. The Bertz CT molecular complexity index is 1650. The monoisotopic (exact) mass is 653 g/mol. The first-order valence-electron chi connectivity index (χ1n) is 14.2. The van der Waals surface area contributed by atoms with Crippen LogP contribution in [0.15, 0.2) is 34.8 Å². The van der Waals surface area contributed by atoms with Crippen LogP contribution in [0.4, 0.5) is 5.13 Å². The van der Waals surface area contributed by atoms with Crippen LogP contribution in [-0.4, -0.2) is 40.8 Å². The lowest BCUT2D eigenvalue weighted by molar-refractivity contribution is -0.137. The molecule has 1 saturated carbocycles. The summed E-state index contributed by atoms with van der Waals surface area (Å²) in [7, 11) is 3.35. The molecule has 1 fully saturated rings. The van der Waals surface area contributed by atoms with Crippen LogP contribution in [0.3, 0.4) is 0 Å². The lowest BCUT2D eigenvalue weighted by Gasteiger charge is -2.29. The number of benzene rings is 2. The summed E-state index contributed by atoms with van der Waals surface area (Å²) in [6.07, 6.45) is 4.86. The number of methoxy groups -OCH3 is 2. The topological polar surface area (TPSA) is 103 Å². The molecule has 2 aromatic heterocycles. The van der Waals surface area contributed by atoms with Crippen molar-refractivity contribution >= 4 is 55.2 Å². The van der Waals surface area contributed by atoms with Crippen molar-refractivity contribution in [3.63, 3.8) is 0 Å². The molecule has 0 radical (unpaired) electrons. The number of ether oxygens (including phenoxy) is 2. The van der Waals surface area contributed by atoms with E-state index in [0.717, 1.165) is 75.8 Å². The number of fused-ring (bicyclic) bond motifs is 1. The largest absolute Gasteiger partial charge is 0.496 e. The molecule has 42 heavy (non-hydrogen) atoms. The molecule has 10 heteroatoms. The van der Waals surface area contributed by atoms with E-state index < -0.39 is 5.97 Å². The number of hydrogen-bond acceptors (Lipinski definition) is 6. The van der Waals surface area contributed by atoms with Gasteiger partial charge >= 0.3 is 5.97 Å². The zero-order valence-corrected chi connectivity index (χ0v) is 26.9. The van der Waals surface area contributed by atoms with Gasteiger partial charge in [0.2, 0.25) is 0 Å². The average molecular weight is 655 g/mol. The van der Waals surface area contributed by atoms with Crippen LogP contribution in [0.25, 0.3) is 10.9 Å². The van der Waals surface area contributed by atoms with E-state index in [1.807, 2.05) is 32.0 Å². The van der Waals surface area contributed by atoms with E-state index in [9.17, 15) is 14.7 Å². The first-order chi connectivity index (χ1) is 20.1. The third kappa shape index (κ3) is 5.92. The highest BCUT2D eigenvalue weighted by Crippen LogP contribution is 2.47. The summed E-state index contributed by atoms with van der Waals surface area (Å²) in [5, 5.41) is 14.0. The summed E-state index contributed by atoms with van der Waals surface area (Å²) >= 11 is 5.16. The summed E-state index contributed by atoms with van der Waals surface area (Å²) in [4.78, 5) is 31.2. The highest BCUT2D eigenvalue weighted by Gasteiger charge is 2.30. The van der Waals surface area contributed by atoms with E-state index >= 15 is 0 Å². The maximum Gasteiger partial charge on any atom is 0.323 e. The van der Waals surface area contributed by atoms with E-state index in [1.165, 1.54) is 10.4 Å². The fourth-order valence-corrected chi connectivity index (χ4v) is 8.07. The molecule has 0 saturated heterocycles. The number of halogens is 1. The van der Waals surface area contributed by atoms with Crippen LogP contribution >= 0.6 is 27.3 Å². The Labute approximate surface area is 258 Å². The highest BCUT2D eigenvalue weighted by atomic mass is 79.9. The van der Waals surface area contributed by atoms with E-state index in [2.05, 4.69) is 34.2 Å². The minimum atomic E-state index is -0.999. The quantitative estimate of drug-likeness (QED) is 0.191. The number of aryl methyl sites for hydroxylation is 3. The predicted octanol–water partition coefficient (Wildman–Crippen LogP) is 7.84. The number of thiazole rings is 1. The van der Waals surface area contributed by atoms with Crippen molar-refractivity contribution in [2.24, 2.45) is 0 Å². The molecule has 2 aromatic carbocycles. The van der Waals surface area contributed by atoms with E-state index in [1.54, 1.807) is 36.2 Å². The Balaban J connectivity index is 1.35. The fraction of sp³-hybridized carbons (Fsp3) is 0.406. The van der Waals surface area contributed by atoms with Gasteiger partial charge in [0.1, 0.15) is 23.7 Å².